The number of rotatable bonds is 4. The third kappa shape index (κ3) is 2.20. The fraction of sp³-hybridized carbons (Fsp3) is 0.538. The topological polar surface area (TPSA) is 51.2 Å². The second kappa shape index (κ2) is 5.32. The molecule has 1 aromatic heterocycles. The molecule has 0 radical (unpaired) electrons. The molecular formula is C13H20N2O. The van der Waals surface area contributed by atoms with Crippen molar-refractivity contribution in [3.63, 3.8) is 0 Å². The van der Waals surface area contributed by atoms with Crippen LogP contribution in [-0.2, 0) is 6.42 Å². The van der Waals surface area contributed by atoms with Crippen molar-refractivity contribution in [2.45, 2.75) is 45.1 Å². The number of nitrogens with two attached hydrogens (primary N) is 1. The minimum absolute atomic E-state index is 0.133. The number of aryl methyl sites for hydroxylation is 1. The van der Waals surface area contributed by atoms with Gasteiger partial charge in [-0.05, 0) is 31.7 Å². The summed E-state index contributed by atoms with van der Waals surface area (Å²) in [6.45, 7) is 2.10. The van der Waals surface area contributed by atoms with E-state index in [1.165, 1.54) is 30.4 Å². The van der Waals surface area contributed by atoms with Crippen molar-refractivity contribution in [1.82, 2.24) is 5.43 Å². The van der Waals surface area contributed by atoms with Gasteiger partial charge in [0.15, 0.2) is 0 Å². The maximum absolute atomic E-state index is 5.69. The zero-order chi connectivity index (χ0) is 11.4. The SMILES string of the molecule is CCc1occc1C(NN)C1=CCCCC1. The van der Waals surface area contributed by atoms with Crippen LogP contribution in [0.15, 0.2) is 28.4 Å². The molecule has 0 fully saturated rings. The molecule has 3 N–H and O–H groups in total. The van der Waals surface area contributed by atoms with Crippen molar-refractivity contribution in [2.75, 3.05) is 0 Å². The molecule has 1 atom stereocenters. The molecule has 3 nitrogen and oxygen atoms in total. The van der Waals surface area contributed by atoms with Gasteiger partial charge in [-0.15, -0.1) is 0 Å². The van der Waals surface area contributed by atoms with Gasteiger partial charge in [0, 0.05) is 12.0 Å². The first-order chi connectivity index (χ1) is 7.86. The number of hydrogen-bond acceptors (Lipinski definition) is 3. The number of hydrazine groups is 1. The van der Waals surface area contributed by atoms with Crippen molar-refractivity contribution < 1.29 is 4.42 Å². The van der Waals surface area contributed by atoms with E-state index in [0.717, 1.165) is 18.6 Å². The molecule has 0 saturated heterocycles. The third-order valence-electron chi connectivity index (χ3n) is 3.28. The van der Waals surface area contributed by atoms with E-state index in [4.69, 9.17) is 10.3 Å². The average Bonchev–Trinajstić information content (AvgIpc) is 2.80. The molecule has 1 aliphatic carbocycles. The summed E-state index contributed by atoms with van der Waals surface area (Å²) in [5.41, 5.74) is 5.52. The molecule has 16 heavy (non-hydrogen) atoms. The fourth-order valence-corrected chi connectivity index (χ4v) is 2.42. The van der Waals surface area contributed by atoms with Crippen LogP contribution in [0, 0.1) is 0 Å². The van der Waals surface area contributed by atoms with Gasteiger partial charge in [0.1, 0.15) is 5.76 Å². The van der Waals surface area contributed by atoms with Gasteiger partial charge in [-0.2, -0.15) is 0 Å². The van der Waals surface area contributed by atoms with E-state index < -0.39 is 0 Å². The number of nitrogens with one attached hydrogen (secondary N) is 1. The van der Waals surface area contributed by atoms with Crippen LogP contribution in [0.4, 0.5) is 0 Å². The Morgan fingerprint density at radius 3 is 3.00 bits per heavy atom. The molecule has 3 heteroatoms. The molecule has 0 saturated carbocycles. The summed E-state index contributed by atoms with van der Waals surface area (Å²) in [7, 11) is 0. The van der Waals surface area contributed by atoms with Gasteiger partial charge in [-0.1, -0.05) is 18.6 Å². The summed E-state index contributed by atoms with van der Waals surface area (Å²) in [5, 5.41) is 0. The highest BCUT2D eigenvalue weighted by atomic mass is 16.3. The first kappa shape index (κ1) is 11.4. The van der Waals surface area contributed by atoms with Crippen LogP contribution in [0.5, 0.6) is 0 Å². The van der Waals surface area contributed by atoms with Crippen molar-refractivity contribution in [3.8, 4) is 0 Å². The van der Waals surface area contributed by atoms with Gasteiger partial charge in [0.05, 0.1) is 12.3 Å². The molecule has 0 spiro atoms. The summed E-state index contributed by atoms with van der Waals surface area (Å²) in [6, 6.07) is 2.16. The Kier molecular flexibility index (Phi) is 3.80. The van der Waals surface area contributed by atoms with Gasteiger partial charge in [0.25, 0.3) is 0 Å². The van der Waals surface area contributed by atoms with E-state index in [1.54, 1.807) is 6.26 Å². The van der Waals surface area contributed by atoms with E-state index in [-0.39, 0.29) is 6.04 Å². The predicted octanol–water partition coefficient (Wildman–Crippen LogP) is 2.85. The molecule has 0 aliphatic heterocycles. The molecule has 2 rings (SSSR count). The molecule has 1 heterocycles. The molecular weight excluding hydrogens is 200 g/mol. The molecule has 1 aromatic rings. The lowest BCUT2D eigenvalue weighted by Crippen LogP contribution is -2.30. The fourth-order valence-electron chi connectivity index (χ4n) is 2.42. The van der Waals surface area contributed by atoms with Crippen molar-refractivity contribution in [2.24, 2.45) is 5.84 Å². The molecule has 0 aromatic carbocycles. The van der Waals surface area contributed by atoms with Crippen LogP contribution < -0.4 is 11.3 Å². The lowest BCUT2D eigenvalue weighted by atomic mass is 9.90. The van der Waals surface area contributed by atoms with Crippen LogP contribution >= 0.6 is 0 Å². The number of allylic oxidation sites excluding steroid dienone is 1. The van der Waals surface area contributed by atoms with E-state index in [2.05, 4.69) is 18.4 Å². The molecule has 0 amide bonds. The van der Waals surface area contributed by atoms with Gasteiger partial charge >= 0.3 is 0 Å². The Balaban J connectivity index is 2.24. The van der Waals surface area contributed by atoms with Crippen molar-refractivity contribution >= 4 is 0 Å². The normalized spacial score (nSPS) is 18.2. The maximum atomic E-state index is 5.69. The second-order valence-electron chi connectivity index (χ2n) is 4.28. The van der Waals surface area contributed by atoms with E-state index in [9.17, 15) is 0 Å². The van der Waals surface area contributed by atoms with Gasteiger partial charge in [0.2, 0.25) is 0 Å². The van der Waals surface area contributed by atoms with Crippen LogP contribution in [0.2, 0.25) is 0 Å². The smallest absolute Gasteiger partial charge is 0.108 e. The van der Waals surface area contributed by atoms with Gasteiger partial charge in [-0.25, -0.2) is 5.43 Å². The van der Waals surface area contributed by atoms with Crippen molar-refractivity contribution in [3.05, 3.63) is 35.3 Å². The molecule has 0 bridgehead atoms. The Labute approximate surface area is 96.7 Å². The lowest BCUT2D eigenvalue weighted by Gasteiger charge is -2.22. The lowest BCUT2D eigenvalue weighted by molar-refractivity contribution is 0.495. The zero-order valence-corrected chi connectivity index (χ0v) is 9.83. The number of hydrogen-bond donors (Lipinski definition) is 2. The second-order valence-corrected chi connectivity index (χ2v) is 4.28. The third-order valence-corrected chi connectivity index (χ3v) is 3.28. The number of furan rings is 1. The van der Waals surface area contributed by atoms with Crippen molar-refractivity contribution in [1.29, 1.82) is 0 Å². The quantitative estimate of drug-likeness (QED) is 0.466. The first-order valence-corrected chi connectivity index (χ1v) is 6.08. The standard InChI is InChI=1S/C13H20N2O/c1-2-12-11(8-9-16-12)13(15-14)10-6-4-3-5-7-10/h6,8-9,13,15H,2-5,7,14H2,1H3. The summed E-state index contributed by atoms with van der Waals surface area (Å²) in [6.07, 6.45) is 9.86. The van der Waals surface area contributed by atoms with E-state index in [1.807, 2.05) is 6.07 Å². The van der Waals surface area contributed by atoms with Gasteiger partial charge < -0.3 is 4.42 Å². The Hall–Kier alpha value is -1.06. The highest BCUT2D eigenvalue weighted by molar-refractivity contribution is 5.30. The highest BCUT2D eigenvalue weighted by Gasteiger charge is 2.20. The summed E-state index contributed by atoms with van der Waals surface area (Å²) in [4.78, 5) is 0. The summed E-state index contributed by atoms with van der Waals surface area (Å²) in [5.74, 6) is 6.72. The Morgan fingerprint density at radius 2 is 2.38 bits per heavy atom. The van der Waals surface area contributed by atoms with Crippen LogP contribution in [0.3, 0.4) is 0 Å². The van der Waals surface area contributed by atoms with Crippen LogP contribution in [0.25, 0.3) is 0 Å². The molecule has 1 aliphatic rings. The monoisotopic (exact) mass is 220 g/mol. The zero-order valence-electron chi connectivity index (χ0n) is 9.83. The minimum atomic E-state index is 0.133. The van der Waals surface area contributed by atoms with Gasteiger partial charge in [-0.3, -0.25) is 5.84 Å². The first-order valence-electron chi connectivity index (χ1n) is 6.08. The molecule has 88 valence electrons. The summed E-state index contributed by atoms with van der Waals surface area (Å²) < 4.78 is 5.46. The summed E-state index contributed by atoms with van der Waals surface area (Å²) >= 11 is 0. The van der Waals surface area contributed by atoms with E-state index >= 15 is 0 Å². The molecule has 1 unspecified atom stereocenters. The van der Waals surface area contributed by atoms with Crippen LogP contribution in [0.1, 0.15) is 50.0 Å². The van der Waals surface area contributed by atoms with E-state index in [0.29, 0.717) is 0 Å². The van der Waals surface area contributed by atoms with Crippen LogP contribution in [-0.4, -0.2) is 0 Å². The highest BCUT2D eigenvalue weighted by Crippen LogP contribution is 2.31. The largest absolute Gasteiger partial charge is 0.469 e. The Bertz CT molecular complexity index is 368. The average molecular weight is 220 g/mol. The minimum Gasteiger partial charge on any atom is -0.469 e. The maximum Gasteiger partial charge on any atom is 0.108 e. The Morgan fingerprint density at radius 1 is 1.50 bits per heavy atom. The predicted molar refractivity (Wildman–Crippen MR) is 64.7 cm³/mol.